The maximum absolute atomic E-state index is 12.5. The number of hydrogen-bond donors (Lipinski definition) is 1. The summed E-state index contributed by atoms with van der Waals surface area (Å²) in [6, 6.07) is 2.91. The first-order chi connectivity index (χ1) is 10.2. The predicted molar refractivity (Wildman–Crippen MR) is 78.7 cm³/mol. The molecule has 0 saturated carbocycles. The van der Waals surface area contributed by atoms with Gasteiger partial charge in [-0.05, 0) is 11.4 Å². The summed E-state index contributed by atoms with van der Waals surface area (Å²) in [7, 11) is 0. The lowest BCUT2D eigenvalue weighted by Gasteiger charge is -2.32. The molecule has 1 atom stereocenters. The summed E-state index contributed by atoms with van der Waals surface area (Å²) in [6.45, 7) is 0.627. The van der Waals surface area contributed by atoms with Crippen molar-refractivity contribution in [2.24, 2.45) is 0 Å². The second-order valence-electron chi connectivity index (χ2n) is 4.44. The molecule has 2 aromatic rings. The molecule has 6 nitrogen and oxygen atoms in total. The van der Waals surface area contributed by atoms with E-state index in [0.717, 1.165) is 9.88 Å². The number of ether oxygens (including phenoxy) is 1. The molecule has 1 saturated heterocycles. The summed E-state index contributed by atoms with van der Waals surface area (Å²) >= 11 is 2.93. The molecular formula is C13H12N2O4S2. The van der Waals surface area contributed by atoms with Crippen LogP contribution in [0.1, 0.15) is 10.5 Å². The van der Waals surface area contributed by atoms with Crippen LogP contribution in [0, 0.1) is 0 Å². The molecule has 1 amide bonds. The van der Waals surface area contributed by atoms with Gasteiger partial charge in [0.25, 0.3) is 5.91 Å². The maximum Gasteiger partial charge on any atom is 0.328 e. The van der Waals surface area contributed by atoms with Crippen LogP contribution in [0.2, 0.25) is 0 Å². The summed E-state index contributed by atoms with van der Waals surface area (Å²) in [6.07, 6.45) is 0. The van der Waals surface area contributed by atoms with Gasteiger partial charge in [0.2, 0.25) is 0 Å². The van der Waals surface area contributed by atoms with Crippen molar-refractivity contribution in [1.82, 2.24) is 9.88 Å². The Labute approximate surface area is 128 Å². The van der Waals surface area contributed by atoms with E-state index in [-0.39, 0.29) is 24.8 Å². The highest BCUT2D eigenvalue weighted by Crippen LogP contribution is 2.28. The van der Waals surface area contributed by atoms with Crippen LogP contribution in [0.25, 0.3) is 9.88 Å². The van der Waals surface area contributed by atoms with Crippen LogP contribution in [0.15, 0.2) is 22.9 Å². The molecule has 1 aliphatic rings. The highest BCUT2D eigenvalue weighted by molar-refractivity contribution is 7.20. The predicted octanol–water partition coefficient (Wildman–Crippen LogP) is 1.80. The zero-order valence-corrected chi connectivity index (χ0v) is 12.5. The standard InChI is InChI=1S/C13H12N2O4S2/c16-12(15-3-4-19-6-9(15)13(17)18)8-7-21-11(14-8)10-2-1-5-20-10/h1-2,5,7,9H,3-4,6H2,(H,17,18). The van der Waals surface area contributed by atoms with Gasteiger partial charge in [-0.3, -0.25) is 4.79 Å². The van der Waals surface area contributed by atoms with Gasteiger partial charge in [-0.15, -0.1) is 22.7 Å². The van der Waals surface area contributed by atoms with Gasteiger partial charge in [0.15, 0.2) is 6.04 Å². The highest BCUT2D eigenvalue weighted by Gasteiger charge is 2.34. The van der Waals surface area contributed by atoms with Crippen molar-refractivity contribution in [2.75, 3.05) is 19.8 Å². The lowest BCUT2D eigenvalue weighted by Crippen LogP contribution is -2.52. The first kappa shape index (κ1) is 14.2. The van der Waals surface area contributed by atoms with E-state index in [2.05, 4.69) is 4.98 Å². The fourth-order valence-corrected chi connectivity index (χ4v) is 3.69. The van der Waals surface area contributed by atoms with E-state index in [0.29, 0.717) is 6.61 Å². The second-order valence-corrected chi connectivity index (χ2v) is 6.25. The summed E-state index contributed by atoms with van der Waals surface area (Å²) < 4.78 is 5.13. The number of nitrogens with zero attached hydrogens (tertiary/aromatic N) is 2. The molecule has 3 rings (SSSR count). The zero-order valence-electron chi connectivity index (χ0n) is 10.9. The Bertz CT molecular complexity index is 653. The molecule has 0 radical (unpaired) electrons. The third-order valence-corrected chi connectivity index (χ3v) is 5.01. The Morgan fingerprint density at radius 1 is 1.43 bits per heavy atom. The summed E-state index contributed by atoms with van der Waals surface area (Å²) in [4.78, 5) is 30.3. The van der Waals surface area contributed by atoms with Crippen molar-refractivity contribution in [1.29, 1.82) is 0 Å². The Morgan fingerprint density at radius 3 is 3.00 bits per heavy atom. The summed E-state index contributed by atoms with van der Waals surface area (Å²) in [5.41, 5.74) is 0.288. The van der Waals surface area contributed by atoms with Gasteiger partial charge >= 0.3 is 5.97 Å². The second kappa shape index (κ2) is 5.92. The number of hydrogen-bond acceptors (Lipinski definition) is 6. The van der Waals surface area contributed by atoms with Gasteiger partial charge in [-0.1, -0.05) is 6.07 Å². The molecule has 21 heavy (non-hydrogen) atoms. The number of aromatic nitrogens is 1. The molecule has 0 bridgehead atoms. The van der Waals surface area contributed by atoms with Gasteiger partial charge < -0.3 is 14.7 Å². The molecule has 3 heterocycles. The first-order valence-corrected chi connectivity index (χ1v) is 8.03. The fraction of sp³-hybridized carbons (Fsp3) is 0.308. The third-order valence-electron chi connectivity index (χ3n) is 3.13. The molecule has 2 aromatic heterocycles. The first-order valence-electron chi connectivity index (χ1n) is 6.28. The van der Waals surface area contributed by atoms with Crippen LogP contribution in [-0.2, 0) is 9.53 Å². The quantitative estimate of drug-likeness (QED) is 0.931. The molecule has 8 heteroatoms. The SMILES string of the molecule is O=C(O)C1COCCN1C(=O)c1csc(-c2cccs2)n1. The molecule has 1 fully saturated rings. The largest absolute Gasteiger partial charge is 0.480 e. The Balaban J connectivity index is 1.83. The number of aliphatic carboxylic acids is 1. The van der Waals surface area contributed by atoms with E-state index in [9.17, 15) is 9.59 Å². The number of carboxylic acid groups (broad SMARTS) is 1. The highest BCUT2D eigenvalue weighted by atomic mass is 32.1. The molecule has 0 aliphatic carbocycles. The van der Waals surface area contributed by atoms with Crippen LogP contribution < -0.4 is 0 Å². The topological polar surface area (TPSA) is 79.7 Å². The number of carboxylic acids is 1. The molecule has 1 unspecified atom stereocenters. The van der Waals surface area contributed by atoms with Crippen molar-refractivity contribution in [3.63, 3.8) is 0 Å². The third kappa shape index (κ3) is 2.82. The van der Waals surface area contributed by atoms with E-state index in [4.69, 9.17) is 9.84 Å². The normalized spacial score (nSPS) is 18.7. The number of carbonyl (C=O) groups is 2. The lowest BCUT2D eigenvalue weighted by molar-refractivity contribution is -0.147. The smallest absolute Gasteiger partial charge is 0.328 e. The van der Waals surface area contributed by atoms with Crippen molar-refractivity contribution >= 4 is 34.6 Å². The monoisotopic (exact) mass is 324 g/mol. The van der Waals surface area contributed by atoms with E-state index < -0.39 is 12.0 Å². The van der Waals surface area contributed by atoms with Crippen molar-refractivity contribution in [3.05, 3.63) is 28.6 Å². The summed E-state index contributed by atoms with van der Waals surface area (Å²) in [5.74, 6) is -1.42. The average molecular weight is 324 g/mol. The van der Waals surface area contributed by atoms with Crippen molar-refractivity contribution in [2.45, 2.75) is 6.04 Å². The van der Waals surface area contributed by atoms with Gasteiger partial charge in [-0.2, -0.15) is 0 Å². The number of thiophene rings is 1. The minimum absolute atomic E-state index is 0.0169. The van der Waals surface area contributed by atoms with Crippen LogP contribution >= 0.6 is 22.7 Å². The van der Waals surface area contributed by atoms with E-state index in [1.807, 2.05) is 17.5 Å². The van der Waals surface area contributed by atoms with E-state index in [1.54, 1.807) is 16.7 Å². The number of morpholine rings is 1. The number of carbonyl (C=O) groups excluding carboxylic acids is 1. The van der Waals surface area contributed by atoms with Crippen LogP contribution in [-0.4, -0.2) is 52.7 Å². The van der Waals surface area contributed by atoms with Gasteiger partial charge in [-0.25, -0.2) is 9.78 Å². The number of thiazole rings is 1. The van der Waals surface area contributed by atoms with Crippen LogP contribution in [0.4, 0.5) is 0 Å². The van der Waals surface area contributed by atoms with Gasteiger partial charge in [0, 0.05) is 11.9 Å². The Morgan fingerprint density at radius 2 is 2.29 bits per heavy atom. The zero-order chi connectivity index (χ0) is 14.8. The Hall–Kier alpha value is -1.77. The summed E-state index contributed by atoms with van der Waals surface area (Å²) in [5, 5.41) is 13.6. The number of rotatable bonds is 3. The van der Waals surface area contributed by atoms with E-state index in [1.165, 1.54) is 16.2 Å². The average Bonchev–Trinajstić information content (AvgIpc) is 3.17. The van der Waals surface area contributed by atoms with Gasteiger partial charge in [0.05, 0.1) is 18.1 Å². The minimum atomic E-state index is -1.06. The molecule has 1 aliphatic heterocycles. The number of amides is 1. The molecule has 110 valence electrons. The van der Waals surface area contributed by atoms with E-state index >= 15 is 0 Å². The Kier molecular flexibility index (Phi) is 4.00. The molecular weight excluding hydrogens is 312 g/mol. The fourth-order valence-electron chi connectivity index (χ4n) is 2.08. The molecule has 1 N–H and O–H groups in total. The maximum atomic E-state index is 12.5. The minimum Gasteiger partial charge on any atom is -0.480 e. The van der Waals surface area contributed by atoms with Crippen molar-refractivity contribution in [3.8, 4) is 9.88 Å². The van der Waals surface area contributed by atoms with Crippen LogP contribution in [0.5, 0.6) is 0 Å². The van der Waals surface area contributed by atoms with Crippen molar-refractivity contribution < 1.29 is 19.4 Å². The lowest BCUT2D eigenvalue weighted by atomic mass is 10.2. The molecule has 0 spiro atoms. The van der Waals surface area contributed by atoms with Gasteiger partial charge in [0.1, 0.15) is 10.7 Å². The molecule has 0 aromatic carbocycles. The van der Waals surface area contributed by atoms with Crippen LogP contribution in [0.3, 0.4) is 0 Å².